The van der Waals surface area contributed by atoms with Crippen LogP contribution in [0.3, 0.4) is 0 Å². The summed E-state index contributed by atoms with van der Waals surface area (Å²) in [7, 11) is 1.44. The zero-order chi connectivity index (χ0) is 20.6. The second kappa shape index (κ2) is 9.70. The van der Waals surface area contributed by atoms with Crippen molar-refractivity contribution in [3.05, 3.63) is 48.5 Å². The van der Waals surface area contributed by atoms with Crippen molar-refractivity contribution in [3.63, 3.8) is 0 Å². The van der Waals surface area contributed by atoms with Crippen molar-refractivity contribution < 1.29 is 23.9 Å². The van der Waals surface area contributed by atoms with E-state index in [1.165, 1.54) is 7.11 Å². The Labute approximate surface area is 168 Å². The largest absolute Gasteiger partial charge is 0.484 e. The second-order valence-corrected chi connectivity index (χ2v) is 6.69. The second-order valence-electron chi connectivity index (χ2n) is 6.69. The van der Waals surface area contributed by atoms with E-state index in [4.69, 9.17) is 9.47 Å². The van der Waals surface area contributed by atoms with Gasteiger partial charge in [-0.1, -0.05) is 12.1 Å². The molecule has 1 aliphatic carbocycles. The van der Waals surface area contributed by atoms with E-state index < -0.39 is 0 Å². The number of nitrogens with one attached hydrogen (secondary N) is 3. The molecule has 0 radical (unpaired) electrons. The minimum atomic E-state index is -0.349. The summed E-state index contributed by atoms with van der Waals surface area (Å²) in [5.41, 5.74) is 1.71. The summed E-state index contributed by atoms with van der Waals surface area (Å²) in [5, 5.41) is 8.22. The molecule has 0 unspecified atom stereocenters. The normalized spacial score (nSPS) is 12.7. The summed E-state index contributed by atoms with van der Waals surface area (Å²) in [6.07, 6.45) is 1.86. The van der Waals surface area contributed by atoms with E-state index in [1.54, 1.807) is 48.5 Å². The average molecular weight is 397 g/mol. The highest BCUT2D eigenvalue weighted by Crippen LogP contribution is 2.30. The van der Waals surface area contributed by atoms with E-state index in [1.807, 2.05) is 0 Å². The Morgan fingerprint density at radius 1 is 0.862 bits per heavy atom. The molecule has 2 aromatic rings. The van der Waals surface area contributed by atoms with E-state index in [9.17, 15) is 14.4 Å². The van der Waals surface area contributed by atoms with E-state index in [-0.39, 0.29) is 36.9 Å². The predicted octanol–water partition coefficient (Wildman–Crippen LogP) is 2.64. The maximum Gasteiger partial charge on any atom is 0.262 e. The van der Waals surface area contributed by atoms with Crippen molar-refractivity contribution in [1.82, 2.24) is 0 Å². The molecular formula is C21H23N3O5. The summed E-state index contributed by atoms with van der Waals surface area (Å²) in [5.74, 6) is -0.0298. The maximum absolute atomic E-state index is 12.2. The topological polar surface area (TPSA) is 106 Å². The molecule has 8 heteroatoms. The monoisotopic (exact) mass is 397 g/mol. The van der Waals surface area contributed by atoms with Crippen LogP contribution in [0.25, 0.3) is 0 Å². The first-order valence-corrected chi connectivity index (χ1v) is 9.26. The molecule has 0 atom stereocenters. The van der Waals surface area contributed by atoms with Gasteiger partial charge >= 0.3 is 0 Å². The van der Waals surface area contributed by atoms with E-state index in [2.05, 4.69) is 16.0 Å². The van der Waals surface area contributed by atoms with Gasteiger partial charge in [0.15, 0.2) is 6.61 Å². The fourth-order valence-electron chi connectivity index (χ4n) is 2.60. The molecule has 152 valence electrons. The third-order valence-electron chi connectivity index (χ3n) is 4.13. The Balaban J connectivity index is 1.49. The molecule has 1 aliphatic rings. The Hall–Kier alpha value is -3.39. The van der Waals surface area contributed by atoms with Gasteiger partial charge in [0, 0.05) is 36.2 Å². The van der Waals surface area contributed by atoms with E-state index >= 15 is 0 Å². The fourth-order valence-corrected chi connectivity index (χ4v) is 2.60. The van der Waals surface area contributed by atoms with Crippen molar-refractivity contribution in [2.45, 2.75) is 12.8 Å². The zero-order valence-corrected chi connectivity index (χ0v) is 16.1. The molecule has 0 spiro atoms. The van der Waals surface area contributed by atoms with Gasteiger partial charge in [-0.15, -0.1) is 0 Å². The lowest BCUT2D eigenvalue weighted by atomic mass is 10.2. The summed E-state index contributed by atoms with van der Waals surface area (Å²) in [6.45, 7) is -0.245. The number of methoxy groups -OCH3 is 1. The smallest absolute Gasteiger partial charge is 0.262 e. The molecule has 0 saturated heterocycles. The minimum absolute atomic E-state index is 0.0114. The summed E-state index contributed by atoms with van der Waals surface area (Å²) in [6, 6.07) is 13.7. The van der Waals surface area contributed by atoms with Gasteiger partial charge in [0.05, 0.1) is 0 Å². The van der Waals surface area contributed by atoms with Crippen molar-refractivity contribution in [1.29, 1.82) is 0 Å². The molecule has 29 heavy (non-hydrogen) atoms. The number of anilines is 3. The average Bonchev–Trinajstić information content (AvgIpc) is 3.52. The number of hydrogen-bond acceptors (Lipinski definition) is 5. The van der Waals surface area contributed by atoms with Crippen LogP contribution in [0, 0.1) is 5.92 Å². The molecule has 1 saturated carbocycles. The molecule has 0 bridgehead atoms. The third kappa shape index (κ3) is 6.62. The van der Waals surface area contributed by atoms with Gasteiger partial charge in [0.2, 0.25) is 11.8 Å². The highest BCUT2D eigenvalue weighted by atomic mass is 16.5. The number of hydrogen-bond donors (Lipinski definition) is 3. The van der Waals surface area contributed by atoms with Crippen molar-refractivity contribution >= 4 is 34.8 Å². The molecule has 3 N–H and O–H groups in total. The van der Waals surface area contributed by atoms with Crippen LogP contribution in [0.15, 0.2) is 48.5 Å². The van der Waals surface area contributed by atoms with Crippen molar-refractivity contribution in [2.75, 3.05) is 36.3 Å². The lowest BCUT2D eigenvalue weighted by Crippen LogP contribution is -2.21. The van der Waals surface area contributed by atoms with E-state index in [0.717, 1.165) is 12.8 Å². The third-order valence-corrected chi connectivity index (χ3v) is 4.13. The molecule has 0 aliphatic heterocycles. The van der Waals surface area contributed by atoms with Crippen LogP contribution in [-0.4, -0.2) is 38.0 Å². The highest BCUT2D eigenvalue weighted by molar-refractivity contribution is 5.95. The van der Waals surface area contributed by atoms with Crippen molar-refractivity contribution in [3.8, 4) is 5.75 Å². The van der Waals surface area contributed by atoms with Crippen LogP contribution >= 0.6 is 0 Å². The number of carbonyl (C=O) groups is 3. The molecule has 0 aromatic heterocycles. The van der Waals surface area contributed by atoms with Gasteiger partial charge in [0.1, 0.15) is 12.4 Å². The van der Waals surface area contributed by atoms with Crippen LogP contribution in [0.1, 0.15) is 12.8 Å². The fraction of sp³-hybridized carbons (Fsp3) is 0.286. The number of ether oxygens (including phenoxy) is 2. The van der Waals surface area contributed by atoms with Crippen LogP contribution in [0.5, 0.6) is 5.75 Å². The van der Waals surface area contributed by atoms with Crippen LogP contribution in [0.2, 0.25) is 0 Å². The van der Waals surface area contributed by atoms with Gasteiger partial charge in [-0.05, 0) is 43.2 Å². The van der Waals surface area contributed by atoms with Crippen LogP contribution < -0.4 is 20.7 Å². The zero-order valence-electron chi connectivity index (χ0n) is 16.1. The number of benzene rings is 2. The first kappa shape index (κ1) is 20.3. The highest BCUT2D eigenvalue weighted by Gasteiger charge is 2.29. The summed E-state index contributed by atoms with van der Waals surface area (Å²) in [4.78, 5) is 35.6. The number of rotatable bonds is 9. The summed E-state index contributed by atoms with van der Waals surface area (Å²) < 4.78 is 10.3. The molecule has 3 rings (SSSR count). The van der Waals surface area contributed by atoms with Gasteiger partial charge in [-0.25, -0.2) is 0 Å². The molecule has 0 heterocycles. The lowest BCUT2D eigenvalue weighted by molar-refractivity contribution is -0.120. The molecular weight excluding hydrogens is 374 g/mol. The maximum atomic E-state index is 12.2. The Kier molecular flexibility index (Phi) is 6.80. The molecule has 2 aromatic carbocycles. The van der Waals surface area contributed by atoms with Gasteiger partial charge in [0.25, 0.3) is 5.91 Å². The van der Waals surface area contributed by atoms with Crippen LogP contribution in [0.4, 0.5) is 17.1 Å². The minimum Gasteiger partial charge on any atom is -0.484 e. The quantitative estimate of drug-likeness (QED) is 0.603. The number of amides is 3. The van der Waals surface area contributed by atoms with Crippen molar-refractivity contribution in [2.24, 2.45) is 5.92 Å². The van der Waals surface area contributed by atoms with Gasteiger partial charge in [-0.2, -0.15) is 0 Å². The predicted molar refractivity (Wildman–Crippen MR) is 109 cm³/mol. The Bertz CT molecular complexity index is 895. The Morgan fingerprint density at radius 2 is 1.45 bits per heavy atom. The van der Waals surface area contributed by atoms with Crippen LogP contribution in [-0.2, 0) is 19.1 Å². The first-order valence-electron chi connectivity index (χ1n) is 9.26. The van der Waals surface area contributed by atoms with Gasteiger partial charge < -0.3 is 25.4 Å². The molecule has 1 fully saturated rings. The lowest BCUT2D eigenvalue weighted by Gasteiger charge is -2.11. The first-order chi connectivity index (χ1) is 14.0. The molecule has 8 nitrogen and oxygen atoms in total. The molecule has 3 amide bonds. The Morgan fingerprint density at radius 3 is 2.07 bits per heavy atom. The number of carbonyl (C=O) groups excluding carboxylic acids is 3. The van der Waals surface area contributed by atoms with Gasteiger partial charge in [-0.3, -0.25) is 14.4 Å². The SMILES string of the molecule is COCC(=O)Nc1cccc(NC(=O)COc2cccc(NC(=O)C3CC3)c2)c1. The van der Waals surface area contributed by atoms with E-state index in [0.29, 0.717) is 22.8 Å². The summed E-state index contributed by atoms with van der Waals surface area (Å²) >= 11 is 0. The standard InChI is InChI=1S/C21H23N3O5/c1-28-12-19(25)22-15-4-2-5-16(10-15)23-20(26)13-29-18-7-3-6-17(11-18)24-21(27)14-8-9-14/h2-7,10-11,14H,8-9,12-13H2,1H3,(H,22,25)(H,23,26)(H,24,27).